The largest absolute Gasteiger partial charge is 0.379 e. The van der Waals surface area contributed by atoms with Gasteiger partial charge in [0, 0.05) is 19.6 Å². The molecule has 1 heterocycles. The minimum Gasteiger partial charge on any atom is -0.379 e. The maximum atomic E-state index is 11.6. The molecule has 0 saturated carbocycles. The predicted octanol–water partition coefficient (Wildman–Crippen LogP) is 1.59. The van der Waals surface area contributed by atoms with Crippen LogP contribution in [-0.2, 0) is 9.53 Å². The summed E-state index contributed by atoms with van der Waals surface area (Å²) in [5.74, 6) is 1.29. The van der Waals surface area contributed by atoms with Gasteiger partial charge in [-0.2, -0.15) is 0 Å². The van der Waals surface area contributed by atoms with Gasteiger partial charge in [0.05, 0.1) is 6.61 Å². The monoisotopic (exact) mass is 278 g/mol. The Hall–Kier alpha value is -0.320. The second kappa shape index (κ2) is 10.6. The van der Waals surface area contributed by atoms with Crippen molar-refractivity contribution >= 4 is 18.3 Å². The standard InChI is InChI=1S/C13H26N2O2.ClH/c1-11(2)10-17-8-7-15-13(16)9-12-3-5-14-6-4-12;/h11-12,14H,3-10H2,1-2H3,(H,15,16);1H. The number of hydrogen-bond donors (Lipinski definition) is 2. The molecule has 0 spiro atoms. The first-order valence-electron chi connectivity index (χ1n) is 6.73. The Labute approximate surface area is 117 Å². The molecule has 0 aromatic rings. The molecule has 1 aliphatic heterocycles. The summed E-state index contributed by atoms with van der Waals surface area (Å²) >= 11 is 0. The predicted molar refractivity (Wildman–Crippen MR) is 76.1 cm³/mol. The lowest BCUT2D eigenvalue weighted by atomic mass is 9.94. The van der Waals surface area contributed by atoms with E-state index in [1.54, 1.807) is 0 Å². The molecule has 2 N–H and O–H groups in total. The molecule has 108 valence electrons. The summed E-state index contributed by atoms with van der Waals surface area (Å²) in [5, 5.41) is 6.23. The maximum absolute atomic E-state index is 11.6. The van der Waals surface area contributed by atoms with Crippen LogP contribution in [0.5, 0.6) is 0 Å². The van der Waals surface area contributed by atoms with Crippen LogP contribution < -0.4 is 10.6 Å². The fraction of sp³-hybridized carbons (Fsp3) is 0.923. The highest BCUT2D eigenvalue weighted by Crippen LogP contribution is 2.15. The maximum Gasteiger partial charge on any atom is 0.220 e. The van der Waals surface area contributed by atoms with Gasteiger partial charge in [-0.05, 0) is 37.8 Å². The van der Waals surface area contributed by atoms with E-state index in [9.17, 15) is 4.79 Å². The molecule has 1 amide bonds. The number of halogens is 1. The number of carbonyl (C=O) groups excluding carboxylic acids is 1. The molecular weight excluding hydrogens is 252 g/mol. The first-order chi connectivity index (χ1) is 8.18. The molecule has 1 rings (SSSR count). The van der Waals surface area contributed by atoms with E-state index in [1.807, 2.05) is 0 Å². The van der Waals surface area contributed by atoms with E-state index < -0.39 is 0 Å². The number of nitrogens with one attached hydrogen (secondary N) is 2. The third-order valence-electron chi connectivity index (χ3n) is 2.95. The summed E-state index contributed by atoms with van der Waals surface area (Å²) in [6.45, 7) is 8.37. The van der Waals surface area contributed by atoms with Crippen molar-refractivity contribution in [3.05, 3.63) is 0 Å². The minimum absolute atomic E-state index is 0. The van der Waals surface area contributed by atoms with Crippen LogP contribution in [-0.4, -0.2) is 38.8 Å². The van der Waals surface area contributed by atoms with E-state index in [2.05, 4.69) is 24.5 Å². The van der Waals surface area contributed by atoms with Crippen LogP contribution in [0.25, 0.3) is 0 Å². The van der Waals surface area contributed by atoms with Gasteiger partial charge in [0.15, 0.2) is 0 Å². The van der Waals surface area contributed by atoms with E-state index >= 15 is 0 Å². The Kier molecular flexibility index (Phi) is 10.4. The van der Waals surface area contributed by atoms with Crippen molar-refractivity contribution in [2.75, 3.05) is 32.8 Å². The second-order valence-corrected chi connectivity index (χ2v) is 5.22. The average Bonchev–Trinajstić information content (AvgIpc) is 2.29. The van der Waals surface area contributed by atoms with Gasteiger partial charge in [-0.25, -0.2) is 0 Å². The lowest BCUT2D eigenvalue weighted by Gasteiger charge is -2.21. The first kappa shape index (κ1) is 17.7. The first-order valence-corrected chi connectivity index (χ1v) is 6.73. The van der Waals surface area contributed by atoms with Gasteiger partial charge in [-0.1, -0.05) is 13.8 Å². The van der Waals surface area contributed by atoms with Gasteiger partial charge in [-0.15, -0.1) is 12.4 Å². The molecular formula is C13H27ClN2O2. The van der Waals surface area contributed by atoms with Gasteiger partial charge in [-0.3, -0.25) is 4.79 Å². The van der Waals surface area contributed by atoms with Crippen LogP contribution in [0, 0.1) is 11.8 Å². The highest BCUT2D eigenvalue weighted by Gasteiger charge is 2.16. The minimum atomic E-state index is 0. The molecule has 1 fully saturated rings. The molecule has 0 atom stereocenters. The van der Waals surface area contributed by atoms with Crippen LogP contribution in [0.2, 0.25) is 0 Å². The Morgan fingerprint density at radius 1 is 1.39 bits per heavy atom. The summed E-state index contributed by atoms with van der Waals surface area (Å²) in [6.07, 6.45) is 2.92. The number of hydrogen-bond acceptors (Lipinski definition) is 3. The summed E-state index contributed by atoms with van der Waals surface area (Å²) < 4.78 is 5.41. The molecule has 0 aliphatic carbocycles. The number of amides is 1. The van der Waals surface area contributed by atoms with Crippen molar-refractivity contribution in [2.45, 2.75) is 33.1 Å². The lowest BCUT2D eigenvalue weighted by Crippen LogP contribution is -2.33. The zero-order valence-corrected chi connectivity index (χ0v) is 12.4. The quantitative estimate of drug-likeness (QED) is 0.696. The van der Waals surface area contributed by atoms with E-state index in [0.29, 0.717) is 31.4 Å². The average molecular weight is 279 g/mol. The van der Waals surface area contributed by atoms with Crippen molar-refractivity contribution < 1.29 is 9.53 Å². The summed E-state index contributed by atoms with van der Waals surface area (Å²) in [5.41, 5.74) is 0. The van der Waals surface area contributed by atoms with Crippen molar-refractivity contribution in [1.29, 1.82) is 0 Å². The smallest absolute Gasteiger partial charge is 0.220 e. The van der Waals surface area contributed by atoms with E-state index in [4.69, 9.17) is 4.74 Å². The number of carbonyl (C=O) groups is 1. The Morgan fingerprint density at radius 3 is 2.67 bits per heavy atom. The SMILES string of the molecule is CC(C)COCCNC(=O)CC1CCNCC1.Cl. The van der Waals surface area contributed by atoms with E-state index in [1.165, 1.54) is 0 Å². The molecule has 0 radical (unpaired) electrons. The molecule has 0 bridgehead atoms. The normalized spacial score (nSPS) is 16.4. The van der Waals surface area contributed by atoms with Crippen LogP contribution in [0.1, 0.15) is 33.1 Å². The van der Waals surface area contributed by atoms with Gasteiger partial charge in [0.25, 0.3) is 0 Å². The van der Waals surface area contributed by atoms with Crippen LogP contribution >= 0.6 is 12.4 Å². The van der Waals surface area contributed by atoms with Crippen molar-refractivity contribution in [3.8, 4) is 0 Å². The number of ether oxygens (including phenoxy) is 1. The third-order valence-corrected chi connectivity index (χ3v) is 2.95. The molecule has 5 heteroatoms. The molecule has 1 saturated heterocycles. The van der Waals surface area contributed by atoms with Crippen LogP contribution in [0.4, 0.5) is 0 Å². The summed E-state index contributed by atoms with van der Waals surface area (Å²) in [4.78, 5) is 11.6. The Balaban J connectivity index is 0.00000289. The highest BCUT2D eigenvalue weighted by atomic mass is 35.5. The zero-order chi connectivity index (χ0) is 12.5. The topological polar surface area (TPSA) is 50.4 Å². The second-order valence-electron chi connectivity index (χ2n) is 5.22. The number of piperidine rings is 1. The van der Waals surface area contributed by atoms with Gasteiger partial charge >= 0.3 is 0 Å². The molecule has 18 heavy (non-hydrogen) atoms. The fourth-order valence-electron chi connectivity index (χ4n) is 2.00. The van der Waals surface area contributed by atoms with Crippen LogP contribution in [0.15, 0.2) is 0 Å². The van der Waals surface area contributed by atoms with E-state index in [-0.39, 0.29) is 18.3 Å². The van der Waals surface area contributed by atoms with Crippen molar-refractivity contribution in [2.24, 2.45) is 11.8 Å². The fourth-order valence-corrected chi connectivity index (χ4v) is 2.00. The van der Waals surface area contributed by atoms with Crippen LogP contribution in [0.3, 0.4) is 0 Å². The Morgan fingerprint density at radius 2 is 2.06 bits per heavy atom. The van der Waals surface area contributed by atoms with Crippen molar-refractivity contribution in [3.63, 3.8) is 0 Å². The molecule has 0 unspecified atom stereocenters. The summed E-state index contributed by atoms with van der Waals surface area (Å²) in [6, 6.07) is 0. The molecule has 0 aromatic heterocycles. The molecule has 0 aromatic carbocycles. The molecule has 1 aliphatic rings. The number of rotatable bonds is 7. The van der Waals surface area contributed by atoms with E-state index in [0.717, 1.165) is 32.5 Å². The highest BCUT2D eigenvalue weighted by molar-refractivity contribution is 5.85. The third kappa shape index (κ3) is 8.72. The zero-order valence-electron chi connectivity index (χ0n) is 11.5. The lowest BCUT2D eigenvalue weighted by molar-refractivity contribution is -0.122. The van der Waals surface area contributed by atoms with Gasteiger partial charge < -0.3 is 15.4 Å². The molecule has 4 nitrogen and oxygen atoms in total. The van der Waals surface area contributed by atoms with Gasteiger partial charge in [0.2, 0.25) is 5.91 Å². The van der Waals surface area contributed by atoms with Gasteiger partial charge in [0.1, 0.15) is 0 Å². The summed E-state index contributed by atoms with van der Waals surface area (Å²) in [7, 11) is 0. The Bertz CT molecular complexity index is 219. The van der Waals surface area contributed by atoms with Crippen molar-refractivity contribution in [1.82, 2.24) is 10.6 Å².